The number of nitrogens with one attached hydrogen (secondary N) is 3. The number of aliphatic imine (C=N–C) groups is 1. The van der Waals surface area contributed by atoms with Gasteiger partial charge in [-0.25, -0.2) is 4.99 Å². The van der Waals surface area contributed by atoms with Gasteiger partial charge < -0.3 is 10.6 Å². The molecule has 2 rings (SSSR count). The molecule has 1 aromatic carbocycles. The highest BCUT2D eigenvalue weighted by atomic mass is 19.4. The number of hydrogen-bond donors (Lipinski definition) is 3. The first-order valence-corrected chi connectivity index (χ1v) is 11.8. The molecule has 1 fully saturated rings. The van der Waals surface area contributed by atoms with Gasteiger partial charge in [-0.3, -0.25) is 10.2 Å². The molecule has 5 nitrogen and oxygen atoms in total. The average molecular weight is 477 g/mol. The molecular formula is C26H35F3N4O. The molecule has 1 aromatic rings. The number of aryl methyl sites for hydroxylation is 1. The molecule has 8 heteroatoms. The first kappa shape index (κ1) is 27.3. The summed E-state index contributed by atoms with van der Waals surface area (Å²) in [7, 11) is 0. The summed E-state index contributed by atoms with van der Waals surface area (Å²) < 4.78 is 41.8. The maximum absolute atomic E-state index is 13.9. The maximum Gasteiger partial charge on any atom is 0.396 e. The molecule has 0 spiro atoms. The Morgan fingerprint density at radius 2 is 2.03 bits per heavy atom. The summed E-state index contributed by atoms with van der Waals surface area (Å²) in [6.07, 6.45) is 0.756. The number of alkyl halides is 3. The van der Waals surface area contributed by atoms with Crippen molar-refractivity contribution in [2.45, 2.75) is 78.4 Å². The van der Waals surface area contributed by atoms with Crippen LogP contribution in [-0.4, -0.2) is 29.7 Å². The molecule has 34 heavy (non-hydrogen) atoms. The van der Waals surface area contributed by atoms with Gasteiger partial charge in [0.15, 0.2) is 0 Å². The topological polar surface area (TPSA) is 77.3 Å². The van der Waals surface area contributed by atoms with Crippen LogP contribution in [0.5, 0.6) is 0 Å². The quantitative estimate of drug-likeness (QED) is 0.329. The molecule has 2 unspecified atom stereocenters. The third kappa shape index (κ3) is 6.81. The zero-order valence-corrected chi connectivity index (χ0v) is 20.4. The molecule has 0 bridgehead atoms. The summed E-state index contributed by atoms with van der Waals surface area (Å²) >= 11 is 0. The molecule has 0 aromatic heterocycles. The Hall–Kier alpha value is -2.90. The number of hydrogen-bond acceptors (Lipinski definition) is 4. The zero-order chi connectivity index (χ0) is 25.5. The van der Waals surface area contributed by atoms with E-state index in [9.17, 15) is 18.0 Å². The molecule has 1 amide bonds. The van der Waals surface area contributed by atoms with E-state index in [-0.39, 0.29) is 28.7 Å². The lowest BCUT2D eigenvalue weighted by Crippen LogP contribution is -2.46. The van der Waals surface area contributed by atoms with Crippen LogP contribution in [-0.2, 0) is 4.79 Å². The van der Waals surface area contributed by atoms with Crippen molar-refractivity contribution in [1.29, 1.82) is 5.41 Å². The summed E-state index contributed by atoms with van der Waals surface area (Å²) in [4.78, 5) is 15.9. The van der Waals surface area contributed by atoms with Crippen molar-refractivity contribution in [3.05, 3.63) is 53.3 Å². The average Bonchev–Trinajstić information content (AvgIpc) is 2.76. The van der Waals surface area contributed by atoms with E-state index in [1.54, 1.807) is 6.07 Å². The van der Waals surface area contributed by atoms with Gasteiger partial charge in [0.1, 0.15) is 5.84 Å². The molecule has 2 atom stereocenters. The van der Waals surface area contributed by atoms with Gasteiger partial charge in [0, 0.05) is 35.5 Å². The summed E-state index contributed by atoms with van der Waals surface area (Å²) in [6.45, 7) is 11.1. The van der Waals surface area contributed by atoms with E-state index in [0.717, 1.165) is 49.6 Å². The van der Waals surface area contributed by atoms with Crippen LogP contribution < -0.4 is 10.6 Å². The molecule has 0 saturated carbocycles. The number of anilines is 1. The molecule has 186 valence electrons. The number of amidine groups is 1. The molecule has 0 aliphatic carbocycles. The minimum atomic E-state index is -4.66. The number of rotatable bonds is 10. The largest absolute Gasteiger partial charge is 0.396 e. The standard InChI is InChI=1S/C26H35F3N4O/c1-6-9-11-18(10-7-2)32-21-14-16(4)12-13-19(21)24(30)17(5)23-20(26(27,28)29)15-22(34)33-25(23)31-8-3/h8,12-14,18,20,30,32H,3,6-7,9-11,15H2,1-2,4-5H3,(H,31,33,34)/b23-17+,30-24?. The summed E-state index contributed by atoms with van der Waals surface area (Å²) in [6, 6.07) is 5.75. The van der Waals surface area contributed by atoms with Crippen LogP contribution in [0.3, 0.4) is 0 Å². The fourth-order valence-corrected chi connectivity index (χ4v) is 4.25. The smallest absolute Gasteiger partial charge is 0.382 e. The number of piperidine rings is 1. The van der Waals surface area contributed by atoms with Gasteiger partial charge in [-0.2, -0.15) is 13.2 Å². The van der Waals surface area contributed by atoms with Crippen molar-refractivity contribution < 1.29 is 18.0 Å². The summed E-state index contributed by atoms with van der Waals surface area (Å²) in [5.41, 5.74) is 2.12. The molecule has 1 aliphatic heterocycles. The number of allylic oxidation sites excluding steroid dienone is 1. The molecular weight excluding hydrogens is 441 g/mol. The van der Waals surface area contributed by atoms with Crippen molar-refractivity contribution in [3.8, 4) is 0 Å². The minimum absolute atomic E-state index is 0.0367. The normalized spacial score (nSPS) is 20.0. The number of carbonyl (C=O) groups is 1. The number of benzene rings is 1. The van der Waals surface area contributed by atoms with Crippen LogP contribution in [0.4, 0.5) is 18.9 Å². The van der Waals surface area contributed by atoms with Crippen molar-refractivity contribution >= 4 is 23.1 Å². The van der Waals surface area contributed by atoms with Crippen molar-refractivity contribution in [1.82, 2.24) is 5.32 Å². The van der Waals surface area contributed by atoms with E-state index in [4.69, 9.17) is 5.41 Å². The number of halogens is 3. The summed E-state index contributed by atoms with van der Waals surface area (Å²) in [5, 5.41) is 14.8. The van der Waals surface area contributed by atoms with E-state index in [2.05, 4.69) is 36.1 Å². The van der Waals surface area contributed by atoms with Crippen LogP contribution in [0.1, 0.15) is 70.4 Å². The zero-order valence-electron chi connectivity index (χ0n) is 20.4. The van der Waals surface area contributed by atoms with Gasteiger partial charge in [-0.05, 0) is 43.9 Å². The van der Waals surface area contributed by atoms with Crippen molar-refractivity contribution in [2.24, 2.45) is 10.9 Å². The Morgan fingerprint density at radius 1 is 1.32 bits per heavy atom. The van der Waals surface area contributed by atoms with Crippen LogP contribution in [0.2, 0.25) is 0 Å². The van der Waals surface area contributed by atoms with Gasteiger partial charge >= 0.3 is 6.18 Å². The van der Waals surface area contributed by atoms with Crippen LogP contribution in [0.25, 0.3) is 0 Å². The number of amides is 1. The Kier molecular flexibility index (Phi) is 9.65. The first-order chi connectivity index (χ1) is 16.0. The second-order valence-electron chi connectivity index (χ2n) is 8.74. The Balaban J connectivity index is 2.58. The molecule has 1 aliphatic rings. The monoisotopic (exact) mass is 476 g/mol. The first-order valence-electron chi connectivity index (χ1n) is 11.8. The fourth-order valence-electron chi connectivity index (χ4n) is 4.25. The molecule has 0 radical (unpaired) electrons. The summed E-state index contributed by atoms with van der Waals surface area (Å²) in [5.74, 6) is -3.01. The third-order valence-corrected chi connectivity index (χ3v) is 5.99. The molecule has 1 heterocycles. The van der Waals surface area contributed by atoms with E-state index in [1.807, 2.05) is 19.1 Å². The fraction of sp³-hybridized carbons (Fsp3) is 0.500. The van der Waals surface area contributed by atoms with E-state index in [1.165, 1.54) is 6.92 Å². The second kappa shape index (κ2) is 12.0. The highest BCUT2D eigenvalue weighted by molar-refractivity contribution is 6.20. The highest BCUT2D eigenvalue weighted by Gasteiger charge is 2.48. The lowest BCUT2D eigenvalue weighted by Gasteiger charge is -2.30. The molecule has 3 N–H and O–H groups in total. The van der Waals surface area contributed by atoms with E-state index in [0.29, 0.717) is 5.56 Å². The SMILES string of the molecule is C=CN=C1NC(=O)CC(C(F)(F)F)/C1=C(/C)C(=N)c1ccc(C)cc1NC(CCC)CCCC. The van der Waals surface area contributed by atoms with Crippen LogP contribution >= 0.6 is 0 Å². The Bertz CT molecular complexity index is 979. The van der Waals surface area contributed by atoms with Gasteiger partial charge in [-0.15, -0.1) is 0 Å². The van der Waals surface area contributed by atoms with Gasteiger partial charge in [-0.1, -0.05) is 51.8 Å². The van der Waals surface area contributed by atoms with Crippen LogP contribution in [0, 0.1) is 18.3 Å². The predicted molar refractivity (Wildman–Crippen MR) is 132 cm³/mol. The van der Waals surface area contributed by atoms with Crippen LogP contribution in [0.15, 0.2) is 47.1 Å². The number of unbranched alkanes of at least 4 members (excludes halogenated alkanes) is 1. The van der Waals surface area contributed by atoms with Crippen molar-refractivity contribution in [3.63, 3.8) is 0 Å². The lowest BCUT2D eigenvalue weighted by molar-refractivity contribution is -0.169. The third-order valence-electron chi connectivity index (χ3n) is 5.99. The predicted octanol–water partition coefficient (Wildman–Crippen LogP) is 6.69. The Morgan fingerprint density at radius 3 is 2.62 bits per heavy atom. The molecule has 1 saturated heterocycles. The number of nitrogens with zero attached hydrogens (tertiary/aromatic N) is 1. The lowest BCUT2D eigenvalue weighted by atomic mass is 9.84. The number of carbonyl (C=O) groups excluding carboxylic acids is 1. The van der Waals surface area contributed by atoms with E-state index >= 15 is 0 Å². The maximum atomic E-state index is 13.9. The van der Waals surface area contributed by atoms with Crippen molar-refractivity contribution in [2.75, 3.05) is 5.32 Å². The second-order valence-corrected chi connectivity index (χ2v) is 8.74. The Labute approximate surface area is 200 Å². The van der Waals surface area contributed by atoms with Gasteiger partial charge in [0.25, 0.3) is 0 Å². The van der Waals surface area contributed by atoms with Gasteiger partial charge in [0.2, 0.25) is 5.91 Å². The highest BCUT2D eigenvalue weighted by Crippen LogP contribution is 2.39. The van der Waals surface area contributed by atoms with Gasteiger partial charge in [0.05, 0.1) is 11.6 Å². The minimum Gasteiger partial charge on any atom is -0.382 e. The van der Waals surface area contributed by atoms with E-state index < -0.39 is 24.4 Å².